The minimum absolute atomic E-state index is 0.167. The molecular weight excluding hydrogens is 258 g/mol. The monoisotopic (exact) mass is 277 g/mol. The summed E-state index contributed by atoms with van der Waals surface area (Å²) in [6.07, 6.45) is 0. The molecular formula is C14H19N3O3. The third-order valence-electron chi connectivity index (χ3n) is 3.58. The lowest BCUT2D eigenvalue weighted by Gasteiger charge is -2.41. The Morgan fingerprint density at radius 2 is 2.15 bits per heavy atom. The van der Waals surface area contributed by atoms with Gasteiger partial charge < -0.3 is 20.7 Å². The van der Waals surface area contributed by atoms with Gasteiger partial charge in [0, 0.05) is 13.1 Å². The van der Waals surface area contributed by atoms with Crippen molar-refractivity contribution in [2.75, 3.05) is 25.9 Å². The van der Waals surface area contributed by atoms with Crippen molar-refractivity contribution >= 4 is 17.5 Å². The number of carbonyl (C=O) groups excluding carboxylic acids is 2. The number of hydrogen-bond acceptors (Lipinski definition) is 4. The number of benzene rings is 1. The molecule has 0 unspecified atom stereocenters. The highest BCUT2D eigenvalue weighted by atomic mass is 16.5. The molecule has 108 valence electrons. The normalized spacial score (nSPS) is 17.6. The topological polar surface area (TPSA) is 84.7 Å². The van der Waals surface area contributed by atoms with Crippen LogP contribution in [-0.4, -0.2) is 42.5 Å². The Morgan fingerprint density at radius 3 is 2.80 bits per heavy atom. The van der Waals surface area contributed by atoms with Gasteiger partial charge in [-0.2, -0.15) is 0 Å². The van der Waals surface area contributed by atoms with Crippen molar-refractivity contribution in [3.8, 4) is 5.75 Å². The molecule has 1 heterocycles. The molecule has 0 atom stereocenters. The summed E-state index contributed by atoms with van der Waals surface area (Å²) in [4.78, 5) is 26.2. The third kappa shape index (κ3) is 2.17. The molecule has 1 fully saturated rings. The van der Waals surface area contributed by atoms with E-state index in [2.05, 4.69) is 5.32 Å². The van der Waals surface area contributed by atoms with Crippen molar-refractivity contribution in [1.82, 2.24) is 10.2 Å². The molecule has 1 aromatic rings. The fourth-order valence-electron chi connectivity index (χ4n) is 2.35. The number of carbonyl (C=O) groups is 2. The van der Waals surface area contributed by atoms with Crippen LogP contribution in [-0.2, 0) is 4.79 Å². The van der Waals surface area contributed by atoms with E-state index in [1.165, 1.54) is 7.11 Å². The van der Waals surface area contributed by atoms with Crippen LogP contribution in [0, 0.1) is 0 Å². The number of anilines is 1. The summed E-state index contributed by atoms with van der Waals surface area (Å²) in [5.41, 5.74) is 5.69. The van der Waals surface area contributed by atoms with Crippen LogP contribution in [0.15, 0.2) is 18.2 Å². The zero-order chi connectivity index (χ0) is 14.9. The Kier molecular flexibility index (Phi) is 3.57. The van der Waals surface area contributed by atoms with Gasteiger partial charge in [-0.05, 0) is 26.0 Å². The molecule has 0 aromatic heterocycles. The maximum Gasteiger partial charge on any atom is 0.258 e. The van der Waals surface area contributed by atoms with Gasteiger partial charge in [-0.1, -0.05) is 6.07 Å². The highest BCUT2D eigenvalue weighted by molar-refractivity contribution is 6.02. The Labute approximate surface area is 117 Å². The smallest absolute Gasteiger partial charge is 0.258 e. The Hall–Kier alpha value is -2.24. The predicted molar refractivity (Wildman–Crippen MR) is 75.5 cm³/mol. The first-order valence-corrected chi connectivity index (χ1v) is 6.42. The number of para-hydroxylation sites is 1. The number of nitrogens with two attached hydrogens (primary N) is 1. The SMILES string of the molecule is COc1c(N)cccc1C(=O)N1CCNC(=O)C1(C)C. The molecule has 6 nitrogen and oxygen atoms in total. The van der Waals surface area contributed by atoms with E-state index in [0.29, 0.717) is 30.1 Å². The lowest BCUT2D eigenvalue weighted by Crippen LogP contribution is -2.63. The summed E-state index contributed by atoms with van der Waals surface area (Å²) >= 11 is 0. The van der Waals surface area contributed by atoms with Crippen LogP contribution >= 0.6 is 0 Å². The lowest BCUT2D eigenvalue weighted by molar-refractivity contribution is -0.133. The summed E-state index contributed by atoms with van der Waals surface area (Å²) in [5, 5.41) is 2.76. The molecule has 1 saturated heterocycles. The molecule has 0 radical (unpaired) electrons. The maximum atomic E-state index is 12.7. The van der Waals surface area contributed by atoms with E-state index >= 15 is 0 Å². The summed E-state index contributed by atoms with van der Waals surface area (Å²) in [6.45, 7) is 4.34. The number of methoxy groups -OCH3 is 1. The van der Waals surface area contributed by atoms with E-state index in [-0.39, 0.29) is 11.8 Å². The molecule has 1 aliphatic heterocycles. The number of nitrogen functional groups attached to an aromatic ring is 1. The molecule has 2 rings (SSSR count). The van der Waals surface area contributed by atoms with Gasteiger partial charge in [0.05, 0.1) is 18.4 Å². The summed E-state index contributed by atoms with van der Waals surface area (Å²) in [7, 11) is 1.47. The van der Waals surface area contributed by atoms with Crippen molar-refractivity contribution in [3.05, 3.63) is 23.8 Å². The number of ether oxygens (including phenoxy) is 1. The molecule has 0 aliphatic carbocycles. The number of amides is 2. The van der Waals surface area contributed by atoms with E-state index in [1.54, 1.807) is 36.9 Å². The Bertz CT molecular complexity index is 555. The molecule has 0 saturated carbocycles. The summed E-state index contributed by atoms with van der Waals surface area (Å²) in [6, 6.07) is 5.02. The average Bonchev–Trinajstić information content (AvgIpc) is 2.41. The second-order valence-corrected chi connectivity index (χ2v) is 5.20. The van der Waals surface area contributed by atoms with Gasteiger partial charge in [0.1, 0.15) is 5.54 Å². The minimum Gasteiger partial charge on any atom is -0.494 e. The van der Waals surface area contributed by atoms with Gasteiger partial charge in [0.15, 0.2) is 5.75 Å². The van der Waals surface area contributed by atoms with E-state index in [9.17, 15) is 9.59 Å². The van der Waals surface area contributed by atoms with Gasteiger partial charge in [-0.15, -0.1) is 0 Å². The van der Waals surface area contributed by atoms with Gasteiger partial charge in [-0.3, -0.25) is 9.59 Å². The second kappa shape index (κ2) is 5.03. The number of rotatable bonds is 2. The van der Waals surface area contributed by atoms with E-state index in [1.807, 2.05) is 0 Å². The fourth-order valence-corrected chi connectivity index (χ4v) is 2.35. The van der Waals surface area contributed by atoms with Crippen LogP contribution in [0.5, 0.6) is 5.75 Å². The molecule has 1 aromatic carbocycles. The number of nitrogens with one attached hydrogen (secondary N) is 1. The maximum absolute atomic E-state index is 12.7. The molecule has 0 spiro atoms. The predicted octanol–water partition coefficient (Wildman–Crippen LogP) is 0.628. The van der Waals surface area contributed by atoms with E-state index < -0.39 is 5.54 Å². The number of nitrogens with zero attached hydrogens (tertiary/aromatic N) is 1. The fraction of sp³-hybridized carbons (Fsp3) is 0.429. The molecule has 1 aliphatic rings. The number of hydrogen-bond donors (Lipinski definition) is 2. The zero-order valence-corrected chi connectivity index (χ0v) is 11.9. The van der Waals surface area contributed by atoms with Crippen molar-refractivity contribution < 1.29 is 14.3 Å². The van der Waals surface area contributed by atoms with Crippen molar-refractivity contribution in [1.29, 1.82) is 0 Å². The Morgan fingerprint density at radius 1 is 1.45 bits per heavy atom. The first kappa shape index (κ1) is 14.2. The summed E-state index contributed by atoms with van der Waals surface area (Å²) in [5.74, 6) is -0.0757. The van der Waals surface area contributed by atoms with E-state index in [0.717, 1.165) is 0 Å². The molecule has 6 heteroatoms. The largest absolute Gasteiger partial charge is 0.494 e. The Balaban J connectivity index is 2.41. The van der Waals surface area contributed by atoms with Gasteiger partial charge in [0.25, 0.3) is 5.91 Å². The molecule has 3 N–H and O–H groups in total. The third-order valence-corrected chi connectivity index (χ3v) is 3.58. The number of piperazine rings is 1. The highest BCUT2D eigenvalue weighted by Gasteiger charge is 2.41. The van der Waals surface area contributed by atoms with Crippen LogP contribution in [0.4, 0.5) is 5.69 Å². The van der Waals surface area contributed by atoms with Gasteiger partial charge >= 0.3 is 0 Å². The second-order valence-electron chi connectivity index (χ2n) is 5.20. The van der Waals surface area contributed by atoms with Gasteiger partial charge in [0.2, 0.25) is 5.91 Å². The summed E-state index contributed by atoms with van der Waals surface area (Å²) < 4.78 is 5.21. The van der Waals surface area contributed by atoms with Crippen molar-refractivity contribution in [2.24, 2.45) is 0 Å². The van der Waals surface area contributed by atoms with Crippen LogP contribution in [0.25, 0.3) is 0 Å². The minimum atomic E-state index is -0.898. The highest BCUT2D eigenvalue weighted by Crippen LogP contribution is 2.29. The lowest BCUT2D eigenvalue weighted by atomic mass is 9.97. The zero-order valence-electron chi connectivity index (χ0n) is 11.9. The first-order valence-electron chi connectivity index (χ1n) is 6.42. The van der Waals surface area contributed by atoms with Crippen LogP contribution in [0.3, 0.4) is 0 Å². The van der Waals surface area contributed by atoms with Gasteiger partial charge in [-0.25, -0.2) is 0 Å². The standard InChI is InChI=1S/C14H19N3O3/c1-14(2)13(19)16-7-8-17(14)12(18)9-5-4-6-10(15)11(9)20-3/h4-6H,7-8,15H2,1-3H3,(H,16,19). The van der Waals surface area contributed by atoms with E-state index in [4.69, 9.17) is 10.5 Å². The quantitative estimate of drug-likeness (QED) is 0.776. The van der Waals surface area contributed by atoms with Crippen molar-refractivity contribution in [3.63, 3.8) is 0 Å². The molecule has 2 amide bonds. The van der Waals surface area contributed by atoms with Crippen LogP contribution in [0.2, 0.25) is 0 Å². The average molecular weight is 277 g/mol. The molecule has 0 bridgehead atoms. The first-order chi connectivity index (χ1) is 9.39. The van der Waals surface area contributed by atoms with Crippen molar-refractivity contribution in [2.45, 2.75) is 19.4 Å². The van der Waals surface area contributed by atoms with Crippen LogP contribution < -0.4 is 15.8 Å². The molecule has 20 heavy (non-hydrogen) atoms. The van der Waals surface area contributed by atoms with Crippen LogP contribution in [0.1, 0.15) is 24.2 Å².